The smallest absolute Gasteiger partial charge is 0.409 e. The summed E-state index contributed by atoms with van der Waals surface area (Å²) in [7, 11) is 0. The lowest BCUT2D eigenvalue weighted by atomic mass is 10.1. The van der Waals surface area contributed by atoms with Crippen LogP contribution in [0.2, 0.25) is 0 Å². The van der Waals surface area contributed by atoms with Gasteiger partial charge in [-0.15, -0.1) is 0 Å². The van der Waals surface area contributed by atoms with Crippen molar-refractivity contribution in [2.45, 2.75) is 25.9 Å². The van der Waals surface area contributed by atoms with Crippen molar-refractivity contribution in [3.8, 4) is 5.69 Å². The number of piperazine rings is 1. The number of hydrogen-bond acceptors (Lipinski definition) is 5. The van der Waals surface area contributed by atoms with Gasteiger partial charge in [0.05, 0.1) is 12.4 Å². The highest BCUT2D eigenvalue weighted by Gasteiger charge is 2.25. The molecule has 0 aliphatic carbocycles. The van der Waals surface area contributed by atoms with Crippen LogP contribution in [0.4, 0.5) is 4.79 Å². The molecule has 2 amide bonds. The number of thioether (sulfide) groups is 1. The van der Waals surface area contributed by atoms with Crippen LogP contribution in [0, 0.1) is 13.8 Å². The van der Waals surface area contributed by atoms with Crippen molar-refractivity contribution in [2.75, 3.05) is 38.5 Å². The van der Waals surface area contributed by atoms with Gasteiger partial charge in [-0.25, -0.2) is 9.78 Å². The number of aryl methyl sites for hydroxylation is 2. The second-order valence-electron chi connectivity index (χ2n) is 6.78. The summed E-state index contributed by atoms with van der Waals surface area (Å²) in [6.07, 6.45) is 3.36. The predicted octanol–water partition coefficient (Wildman–Crippen LogP) is 2.88. The van der Waals surface area contributed by atoms with Crippen LogP contribution in [0.15, 0.2) is 35.7 Å². The van der Waals surface area contributed by atoms with E-state index in [1.54, 1.807) is 22.9 Å². The maximum Gasteiger partial charge on any atom is 0.409 e. The lowest BCUT2D eigenvalue weighted by molar-refractivity contribution is -0.129. The van der Waals surface area contributed by atoms with E-state index in [0.29, 0.717) is 38.5 Å². The summed E-state index contributed by atoms with van der Waals surface area (Å²) in [6.45, 7) is 8.37. The number of nitrogens with zero attached hydrogens (tertiary/aromatic N) is 4. The minimum atomic E-state index is -0.306. The van der Waals surface area contributed by atoms with Crippen molar-refractivity contribution in [1.29, 1.82) is 0 Å². The number of carbonyl (C=O) groups is 2. The minimum absolute atomic E-state index is 0.0588. The summed E-state index contributed by atoms with van der Waals surface area (Å²) in [6, 6.07) is 6.34. The first-order chi connectivity index (χ1) is 13.5. The quantitative estimate of drug-likeness (QED) is 0.720. The third-order valence-electron chi connectivity index (χ3n) is 4.57. The van der Waals surface area contributed by atoms with Gasteiger partial charge in [-0.1, -0.05) is 17.8 Å². The second kappa shape index (κ2) is 9.14. The number of rotatable bonds is 5. The molecule has 0 bridgehead atoms. The number of aromatic nitrogens is 2. The van der Waals surface area contributed by atoms with E-state index in [1.807, 2.05) is 10.8 Å². The SMILES string of the molecule is CCOC(=O)N1CCN(C(=O)CSc2nccn2-c2cc(C)cc(C)c2)CC1. The van der Waals surface area contributed by atoms with E-state index in [-0.39, 0.29) is 12.0 Å². The molecular formula is C20H26N4O3S. The molecule has 1 aromatic carbocycles. The molecule has 2 aromatic rings. The number of carbonyl (C=O) groups excluding carboxylic acids is 2. The van der Waals surface area contributed by atoms with Crippen LogP contribution in [-0.4, -0.2) is 69.9 Å². The van der Waals surface area contributed by atoms with Crippen LogP contribution in [-0.2, 0) is 9.53 Å². The Balaban J connectivity index is 1.56. The van der Waals surface area contributed by atoms with E-state index in [0.717, 1.165) is 10.8 Å². The zero-order valence-electron chi connectivity index (χ0n) is 16.6. The molecule has 7 nitrogen and oxygen atoms in total. The molecular weight excluding hydrogens is 376 g/mol. The van der Waals surface area contributed by atoms with E-state index in [4.69, 9.17) is 4.74 Å². The third kappa shape index (κ3) is 4.86. The molecule has 2 heterocycles. The Morgan fingerprint density at radius 1 is 1.07 bits per heavy atom. The number of benzene rings is 1. The molecule has 3 rings (SSSR count). The van der Waals surface area contributed by atoms with E-state index in [1.165, 1.54) is 22.9 Å². The Hall–Kier alpha value is -2.48. The van der Waals surface area contributed by atoms with Crippen molar-refractivity contribution in [2.24, 2.45) is 0 Å². The number of amides is 2. The van der Waals surface area contributed by atoms with Crippen LogP contribution in [0.3, 0.4) is 0 Å². The summed E-state index contributed by atoms with van der Waals surface area (Å²) in [5.74, 6) is 0.379. The molecule has 0 N–H and O–H groups in total. The largest absolute Gasteiger partial charge is 0.450 e. The lowest BCUT2D eigenvalue weighted by Gasteiger charge is -2.34. The molecule has 0 saturated carbocycles. The first kappa shape index (κ1) is 20.3. The molecule has 1 fully saturated rings. The van der Waals surface area contributed by atoms with E-state index in [2.05, 4.69) is 37.0 Å². The normalized spacial score (nSPS) is 14.2. The number of ether oxygens (including phenoxy) is 1. The Morgan fingerprint density at radius 2 is 1.71 bits per heavy atom. The van der Waals surface area contributed by atoms with E-state index < -0.39 is 0 Å². The Bertz CT molecular complexity index is 823. The second-order valence-corrected chi connectivity index (χ2v) is 7.72. The average molecular weight is 403 g/mol. The standard InChI is InChI=1S/C20H26N4O3S/c1-4-27-20(26)23-9-7-22(8-10-23)18(25)14-28-19-21-5-6-24(19)17-12-15(2)11-16(3)13-17/h5-6,11-13H,4,7-10,14H2,1-3H3. The topological polar surface area (TPSA) is 67.7 Å². The van der Waals surface area contributed by atoms with Crippen molar-refractivity contribution in [1.82, 2.24) is 19.4 Å². The fourth-order valence-corrected chi connectivity index (χ4v) is 4.13. The molecule has 28 heavy (non-hydrogen) atoms. The van der Waals surface area contributed by atoms with Crippen molar-refractivity contribution >= 4 is 23.8 Å². The number of hydrogen-bond donors (Lipinski definition) is 0. The van der Waals surface area contributed by atoms with Gasteiger partial charge in [0.25, 0.3) is 0 Å². The van der Waals surface area contributed by atoms with Gasteiger partial charge in [0.2, 0.25) is 5.91 Å². The highest BCUT2D eigenvalue weighted by Crippen LogP contribution is 2.22. The summed E-state index contributed by atoms with van der Waals surface area (Å²) in [5, 5.41) is 0.795. The Morgan fingerprint density at radius 3 is 2.36 bits per heavy atom. The first-order valence-corrected chi connectivity index (χ1v) is 10.4. The van der Waals surface area contributed by atoms with Gasteiger partial charge in [-0.05, 0) is 44.0 Å². The fourth-order valence-electron chi connectivity index (χ4n) is 3.25. The van der Waals surface area contributed by atoms with Gasteiger partial charge in [-0.3, -0.25) is 9.36 Å². The molecule has 1 saturated heterocycles. The molecule has 8 heteroatoms. The van der Waals surface area contributed by atoms with Gasteiger partial charge in [0.15, 0.2) is 5.16 Å². The predicted molar refractivity (Wildman–Crippen MR) is 109 cm³/mol. The molecule has 0 atom stereocenters. The summed E-state index contributed by atoms with van der Waals surface area (Å²) >= 11 is 1.43. The van der Waals surface area contributed by atoms with Crippen LogP contribution >= 0.6 is 11.8 Å². The Kier molecular flexibility index (Phi) is 6.61. The zero-order valence-corrected chi connectivity index (χ0v) is 17.4. The summed E-state index contributed by atoms with van der Waals surface area (Å²) in [4.78, 5) is 32.2. The third-order valence-corrected chi connectivity index (χ3v) is 5.53. The van der Waals surface area contributed by atoms with Crippen molar-refractivity contribution in [3.63, 3.8) is 0 Å². The van der Waals surface area contributed by atoms with Gasteiger partial charge in [0.1, 0.15) is 0 Å². The van der Waals surface area contributed by atoms with E-state index >= 15 is 0 Å². The molecule has 1 aliphatic rings. The number of imidazole rings is 1. The molecule has 0 unspecified atom stereocenters. The Labute approximate surface area is 169 Å². The zero-order chi connectivity index (χ0) is 20.1. The van der Waals surface area contributed by atoms with Gasteiger partial charge >= 0.3 is 6.09 Å². The first-order valence-electron chi connectivity index (χ1n) is 9.42. The molecule has 150 valence electrons. The van der Waals surface area contributed by atoms with Crippen LogP contribution in [0.5, 0.6) is 0 Å². The monoisotopic (exact) mass is 402 g/mol. The van der Waals surface area contributed by atoms with Gasteiger partial charge in [0, 0.05) is 44.3 Å². The fraction of sp³-hybridized carbons (Fsp3) is 0.450. The highest BCUT2D eigenvalue weighted by atomic mass is 32.2. The summed E-state index contributed by atoms with van der Waals surface area (Å²) < 4.78 is 7.02. The van der Waals surface area contributed by atoms with Gasteiger partial charge in [-0.2, -0.15) is 0 Å². The average Bonchev–Trinajstić information content (AvgIpc) is 3.14. The maximum atomic E-state index is 12.6. The van der Waals surface area contributed by atoms with Crippen LogP contribution in [0.1, 0.15) is 18.1 Å². The lowest BCUT2D eigenvalue weighted by Crippen LogP contribution is -2.51. The summed E-state index contributed by atoms with van der Waals surface area (Å²) in [5.41, 5.74) is 3.43. The highest BCUT2D eigenvalue weighted by molar-refractivity contribution is 7.99. The van der Waals surface area contributed by atoms with Crippen LogP contribution < -0.4 is 0 Å². The molecule has 1 aliphatic heterocycles. The minimum Gasteiger partial charge on any atom is -0.450 e. The van der Waals surface area contributed by atoms with Crippen molar-refractivity contribution < 1.29 is 14.3 Å². The van der Waals surface area contributed by atoms with Crippen molar-refractivity contribution in [3.05, 3.63) is 41.7 Å². The molecule has 0 spiro atoms. The molecule has 0 radical (unpaired) electrons. The molecule has 1 aromatic heterocycles. The van der Waals surface area contributed by atoms with E-state index in [9.17, 15) is 9.59 Å². The maximum absolute atomic E-state index is 12.6. The van der Waals surface area contributed by atoms with Gasteiger partial charge < -0.3 is 14.5 Å². The van der Waals surface area contributed by atoms with Crippen LogP contribution in [0.25, 0.3) is 5.69 Å².